The molecule has 2 N–H and O–H groups in total. The van der Waals surface area contributed by atoms with Gasteiger partial charge in [0.05, 0.1) is 19.1 Å². The standard InChI is InChI=1S/C22H29N3O2/c1-17(2)23-21(26)15-25(3)16-22(27)24-20(19-12-8-5-9-13-19)14-18-10-6-4-7-11-18/h4-13,17,20H,14-16H2,1-3H3,(H,23,26)(H,24,27)/t20-/m1/s1. The molecule has 0 saturated carbocycles. The van der Waals surface area contributed by atoms with Crippen LogP contribution < -0.4 is 10.6 Å². The van der Waals surface area contributed by atoms with Crippen molar-refractivity contribution >= 4 is 11.8 Å². The van der Waals surface area contributed by atoms with Crippen molar-refractivity contribution in [2.24, 2.45) is 0 Å². The van der Waals surface area contributed by atoms with E-state index in [0.29, 0.717) is 6.42 Å². The highest BCUT2D eigenvalue weighted by Crippen LogP contribution is 2.18. The number of hydrogen-bond donors (Lipinski definition) is 2. The molecule has 27 heavy (non-hydrogen) atoms. The number of carbonyl (C=O) groups excluding carboxylic acids is 2. The Morgan fingerprint density at radius 1 is 0.852 bits per heavy atom. The lowest BCUT2D eigenvalue weighted by molar-refractivity contribution is -0.125. The predicted octanol–water partition coefficient (Wildman–Crippen LogP) is 2.54. The largest absolute Gasteiger partial charge is 0.353 e. The molecule has 2 aromatic carbocycles. The molecular formula is C22H29N3O2. The van der Waals surface area contributed by atoms with Crippen LogP contribution in [0.5, 0.6) is 0 Å². The number of amides is 2. The van der Waals surface area contributed by atoms with Gasteiger partial charge in [0.2, 0.25) is 11.8 Å². The first-order chi connectivity index (χ1) is 12.9. The van der Waals surface area contributed by atoms with Gasteiger partial charge in [0.15, 0.2) is 0 Å². The Kier molecular flexibility index (Phi) is 8.01. The molecule has 0 aromatic heterocycles. The minimum absolute atomic E-state index is 0.0794. The van der Waals surface area contributed by atoms with Crippen LogP contribution >= 0.6 is 0 Å². The van der Waals surface area contributed by atoms with Crippen LogP contribution in [0.2, 0.25) is 0 Å². The maximum Gasteiger partial charge on any atom is 0.234 e. The molecular weight excluding hydrogens is 338 g/mol. The van der Waals surface area contributed by atoms with Gasteiger partial charge in [-0.2, -0.15) is 0 Å². The molecule has 0 fully saturated rings. The third-order valence-corrected chi connectivity index (χ3v) is 4.10. The van der Waals surface area contributed by atoms with E-state index < -0.39 is 0 Å². The molecule has 2 aromatic rings. The Morgan fingerprint density at radius 3 is 1.93 bits per heavy atom. The summed E-state index contributed by atoms with van der Waals surface area (Å²) in [7, 11) is 1.77. The zero-order valence-electron chi connectivity index (χ0n) is 16.3. The summed E-state index contributed by atoms with van der Waals surface area (Å²) in [5.74, 6) is -0.177. The number of carbonyl (C=O) groups is 2. The molecule has 0 radical (unpaired) electrons. The molecule has 5 nitrogen and oxygen atoms in total. The highest BCUT2D eigenvalue weighted by atomic mass is 16.2. The zero-order valence-corrected chi connectivity index (χ0v) is 16.3. The highest BCUT2D eigenvalue weighted by Gasteiger charge is 2.17. The van der Waals surface area contributed by atoms with E-state index in [1.807, 2.05) is 62.4 Å². The summed E-state index contributed by atoms with van der Waals surface area (Å²) in [6, 6.07) is 20.0. The first-order valence-electron chi connectivity index (χ1n) is 9.30. The Hall–Kier alpha value is -2.66. The lowest BCUT2D eigenvalue weighted by atomic mass is 9.99. The first kappa shape index (κ1) is 20.6. The highest BCUT2D eigenvalue weighted by molar-refractivity contribution is 5.81. The molecule has 0 saturated heterocycles. The molecule has 0 aliphatic rings. The Labute approximate surface area is 161 Å². The lowest BCUT2D eigenvalue weighted by Crippen LogP contribution is -2.43. The number of hydrogen-bond acceptors (Lipinski definition) is 3. The number of rotatable bonds is 9. The third-order valence-electron chi connectivity index (χ3n) is 4.10. The van der Waals surface area contributed by atoms with Gasteiger partial charge in [-0.3, -0.25) is 14.5 Å². The number of benzene rings is 2. The molecule has 2 amide bonds. The van der Waals surface area contributed by atoms with Crippen molar-refractivity contribution in [1.82, 2.24) is 15.5 Å². The Morgan fingerprint density at radius 2 is 1.37 bits per heavy atom. The third kappa shape index (κ3) is 7.62. The second-order valence-electron chi connectivity index (χ2n) is 7.12. The predicted molar refractivity (Wildman–Crippen MR) is 108 cm³/mol. The number of nitrogens with one attached hydrogen (secondary N) is 2. The topological polar surface area (TPSA) is 61.4 Å². The molecule has 0 aliphatic heterocycles. The minimum Gasteiger partial charge on any atom is -0.353 e. The molecule has 0 aliphatic carbocycles. The van der Waals surface area contributed by atoms with Crippen LogP contribution in [0.4, 0.5) is 0 Å². The van der Waals surface area contributed by atoms with E-state index in [1.54, 1.807) is 11.9 Å². The lowest BCUT2D eigenvalue weighted by Gasteiger charge is -2.22. The summed E-state index contributed by atoms with van der Waals surface area (Å²) in [6.45, 7) is 4.20. The van der Waals surface area contributed by atoms with Gasteiger partial charge in [-0.1, -0.05) is 60.7 Å². The van der Waals surface area contributed by atoms with E-state index in [-0.39, 0.29) is 37.0 Å². The molecule has 2 rings (SSSR count). The van der Waals surface area contributed by atoms with Crippen molar-refractivity contribution in [1.29, 1.82) is 0 Å². The number of likely N-dealkylation sites (N-methyl/N-ethyl adjacent to an activating group) is 1. The van der Waals surface area contributed by atoms with E-state index >= 15 is 0 Å². The molecule has 0 bridgehead atoms. The fourth-order valence-corrected chi connectivity index (χ4v) is 2.94. The van der Waals surface area contributed by atoms with Crippen LogP contribution in [0.15, 0.2) is 60.7 Å². The summed E-state index contributed by atoms with van der Waals surface area (Å²) in [5, 5.41) is 5.95. The van der Waals surface area contributed by atoms with Gasteiger partial charge in [0.1, 0.15) is 0 Å². The minimum atomic E-state index is -0.112. The maximum absolute atomic E-state index is 12.5. The molecule has 1 atom stereocenters. The van der Waals surface area contributed by atoms with Crippen LogP contribution in [0.25, 0.3) is 0 Å². The second kappa shape index (κ2) is 10.5. The normalized spacial score (nSPS) is 12.0. The summed E-state index contributed by atoms with van der Waals surface area (Å²) in [6.07, 6.45) is 0.716. The van der Waals surface area contributed by atoms with Crippen molar-refractivity contribution in [3.63, 3.8) is 0 Å². The quantitative estimate of drug-likeness (QED) is 0.716. The van der Waals surface area contributed by atoms with Gasteiger partial charge >= 0.3 is 0 Å². The molecule has 0 heterocycles. The fraction of sp³-hybridized carbons (Fsp3) is 0.364. The van der Waals surface area contributed by atoms with Crippen molar-refractivity contribution in [3.8, 4) is 0 Å². The van der Waals surface area contributed by atoms with Crippen molar-refractivity contribution in [2.45, 2.75) is 32.4 Å². The van der Waals surface area contributed by atoms with E-state index in [1.165, 1.54) is 0 Å². The monoisotopic (exact) mass is 367 g/mol. The van der Waals surface area contributed by atoms with Gasteiger partial charge in [-0.05, 0) is 38.4 Å². The molecule has 0 unspecified atom stereocenters. The number of nitrogens with zero attached hydrogens (tertiary/aromatic N) is 1. The van der Waals surface area contributed by atoms with Gasteiger partial charge < -0.3 is 10.6 Å². The molecule has 0 spiro atoms. The van der Waals surface area contributed by atoms with E-state index in [0.717, 1.165) is 11.1 Å². The SMILES string of the molecule is CC(C)NC(=O)CN(C)CC(=O)N[C@H](Cc1ccccc1)c1ccccc1. The van der Waals surface area contributed by atoms with Crippen LogP contribution in [-0.2, 0) is 16.0 Å². The van der Waals surface area contributed by atoms with Crippen molar-refractivity contribution in [3.05, 3.63) is 71.8 Å². The van der Waals surface area contributed by atoms with Crippen LogP contribution in [0, 0.1) is 0 Å². The average Bonchev–Trinajstić information content (AvgIpc) is 2.61. The van der Waals surface area contributed by atoms with Gasteiger partial charge in [0.25, 0.3) is 0 Å². The summed E-state index contributed by atoms with van der Waals surface area (Å²) in [4.78, 5) is 26.1. The average molecular weight is 367 g/mol. The maximum atomic E-state index is 12.5. The van der Waals surface area contributed by atoms with Crippen molar-refractivity contribution in [2.75, 3.05) is 20.1 Å². The van der Waals surface area contributed by atoms with E-state index in [9.17, 15) is 9.59 Å². The van der Waals surface area contributed by atoms with Crippen molar-refractivity contribution < 1.29 is 9.59 Å². The van der Waals surface area contributed by atoms with Crippen LogP contribution in [-0.4, -0.2) is 42.9 Å². The summed E-state index contributed by atoms with van der Waals surface area (Å²) >= 11 is 0. The summed E-state index contributed by atoms with van der Waals surface area (Å²) < 4.78 is 0. The Bertz CT molecular complexity index is 717. The molecule has 144 valence electrons. The first-order valence-corrected chi connectivity index (χ1v) is 9.30. The fourth-order valence-electron chi connectivity index (χ4n) is 2.94. The van der Waals surface area contributed by atoms with Crippen LogP contribution in [0.1, 0.15) is 31.0 Å². The second-order valence-corrected chi connectivity index (χ2v) is 7.12. The van der Waals surface area contributed by atoms with E-state index in [4.69, 9.17) is 0 Å². The van der Waals surface area contributed by atoms with Crippen LogP contribution in [0.3, 0.4) is 0 Å². The van der Waals surface area contributed by atoms with Gasteiger partial charge in [-0.15, -0.1) is 0 Å². The molecule has 5 heteroatoms. The zero-order chi connectivity index (χ0) is 19.6. The van der Waals surface area contributed by atoms with Gasteiger partial charge in [-0.25, -0.2) is 0 Å². The Balaban J connectivity index is 1.98. The summed E-state index contributed by atoms with van der Waals surface area (Å²) in [5.41, 5.74) is 2.23. The smallest absolute Gasteiger partial charge is 0.234 e. The van der Waals surface area contributed by atoms with Gasteiger partial charge in [0, 0.05) is 6.04 Å². The van der Waals surface area contributed by atoms with E-state index in [2.05, 4.69) is 22.8 Å².